The van der Waals surface area contributed by atoms with Crippen LogP contribution < -0.4 is 4.74 Å². The summed E-state index contributed by atoms with van der Waals surface area (Å²) < 4.78 is 21.4. The van der Waals surface area contributed by atoms with Gasteiger partial charge >= 0.3 is 0 Å². The van der Waals surface area contributed by atoms with Gasteiger partial charge in [0.05, 0.1) is 6.10 Å². The predicted octanol–water partition coefficient (Wildman–Crippen LogP) is 9.52. The molecule has 4 nitrogen and oxygen atoms in total. The van der Waals surface area contributed by atoms with E-state index >= 15 is 0 Å². The number of hydrogen-bond acceptors (Lipinski definition) is 3. The van der Waals surface area contributed by atoms with Crippen molar-refractivity contribution in [3.63, 3.8) is 0 Å². The number of allylic oxidation sites excluding steroid dienone is 2. The van der Waals surface area contributed by atoms with Crippen LogP contribution in [0, 0.1) is 17.1 Å². The average Bonchev–Trinajstić information content (AvgIpc) is 2.80. The lowest BCUT2D eigenvalue weighted by Crippen LogP contribution is -2.16. The Labute approximate surface area is 223 Å². The zero-order valence-corrected chi connectivity index (χ0v) is 23.7. The zero-order valence-electron chi connectivity index (χ0n) is 23.7. The summed E-state index contributed by atoms with van der Waals surface area (Å²) >= 11 is 0. The number of benzene rings is 2. The Hall–Kier alpha value is -2.95. The second-order valence-electron chi connectivity index (χ2n) is 10.1. The molecule has 0 aliphatic heterocycles. The van der Waals surface area contributed by atoms with Crippen LogP contribution in [0.1, 0.15) is 104 Å². The first kappa shape index (κ1) is 32.1. The van der Waals surface area contributed by atoms with Gasteiger partial charge in [0, 0.05) is 11.3 Å². The summed E-state index contributed by atoms with van der Waals surface area (Å²) in [5.74, 6) is 1.80. The van der Waals surface area contributed by atoms with Gasteiger partial charge in [0.1, 0.15) is 11.6 Å². The molecule has 1 unspecified atom stereocenters. The molecule has 2 aromatic rings. The van der Waals surface area contributed by atoms with E-state index in [0.29, 0.717) is 5.71 Å². The molecule has 0 heterocycles. The van der Waals surface area contributed by atoms with Crippen molar-refractivity contribution in [2.24, 2.45) is 5.92 Å². The van der Waals surface area contributed by atoms with Crippen LogP contribution in [-0.4, -0.2) is 23.4 Å². The lowest BCUT2D eigenvalue weighted by molar-refractivity contribution is -0.122. The van der Waals surface area contributed by atoms with Crippen LogP contribution in [0.15, 0.2) is 42.5 Å². The molecular weight excluding hydrogens is 465 g/mol. The van der Waals surface area contributed by atoms with Crippen LogP contribution in [0.3, 0.4) is 0 Å². The van der Waals surface area contributed by atoms with Crippen molar-refractivity contribution in [2.45, 2.75) is 99.0 Å². The van der Waals surface area contributed by atoms with Gasteiger partial charge in [-0.2, -0.15) is 0 Å². The first-order valence-electron chi connectivity index (χ1n) is 13.5. The smallest absolute Gasteiger partial charge is 0.290 e. The Morgan fingerprint density at radius 3 is 2.24 bits per heavy atom. The third-order valence-electron chi connectivity index (χ3n) is 6.20. The first-order valence-corrected chi connectivity index (χ1v) is 13.5. The van der Waals surface area contributed by atoms with Crippen molar-refractivity contribution >= 4 is 17.8 Å². The van der Waals surface area contributed by atoms with Crippen molar-refractivity contribution in [2.75, 3.05) is 0 Å². The zero-order chi connectivity index (χ0) is 28.0. The molecule has 1 aliphatic rings. The Balaban J connectivity index is 0.000000873. The molecule has 0 amide bonds. The highest BCUT2D eigenvalue weighted by Gasteiger charge is 2.27. The monoisotopic (exact) mass is 511 g/mol. The molecule has 3 rings (SSSR count). The highest BCUT2D eigenvalue weighted by atomic mass is 19.1. The highest BCUT2D eigenvalue weighted by molar-refractivity contribution is 6.21. The number of ether oxygens (including phenoxy) is 1. The van der Waals surface area contributed by atoms with Crippen LogP contribution in [-0.2, 0) is 4.79 Å². The number of rotatable bonds is 9. The Kier molecular flexibility index (Phi) is 14.5. The van der Waals surface area contributed by atoms with Gasteiger partial charge in [0.15, 0.2) is 0 Å². The topological polar surface area (TPSA) is 70.4 Å². The van der Waals surface area contributed by atoms with Gasteiger partial charge in [-0.15, -0.1) is 0 Å². The fraction of sp³-hybridized carbons (Fsp3) is 0.500. The van der Waals surface area contributed by atoms with Crippen LogP contribution in [0.5, 0.6) is 5.75 Å². The van der Waals surface area contributed by atoms with Gasteiger partial charge in [0.25, 0.3) is 6.47 Å². The second-order valence-corrected chi connectivity index (χ2v) is 10.1. The lowest BCUT2D eigenvalue weighted by atomic mass is 9.76. The minimum atomic E-state index is -0.250. The molecule has 2 N–H and O–H groups in total. The number of halogens is 1. The number of nitrogens with one attached hydrogen (secondary N) is 1. The number of carbonyl (C=O) groups is 1. The summed E-state index contributed by atoms with van der Waals surface area (Å²) in [4.78, 5) is 8.36. The molecule has 2 aromatic carbocycles. The van der Waals surface area contributed by atoms with Crippen LogP contribution >= 0.6 is 0 Å². The van der Waals surface area contributed by atoms with Gasteiger partial charge in [-0.3, -0.25) is 4.79 Å². The van der Waals surface area contributed by atoms with E-state index in [1.807, 2.05) is 31.2 Å². The Morgan fingerprint density at radius 1 is 1.16 bits per heavy atom. The molecule has 5 heteroatoms. The summed E-state index contributed by atoms with van der Waals surface area (Å²) in [5, 5.41) is 15.0. The van der Waals surface area contributed by atoms with E-state index in [4.69, 9.17) is 20.0 Å². The van der Waals surface area contributed by atoms with Gasteiger partial charge in [-0.25, -0.2) is 4.39 Å². The molecular formula is C32H46FNO3. The largest absolute Gasteiger partial charge is 0.490 e. The third-order valence-corrected chi connectivity index (χ3v) is 6.20. The molecule has 1 atom stereocenters. The van der Waals surface area contributed by atoms with E-state index in [1.54, 1.807) is 19.1 Å². The van der Waals surface area contributed by atoms with E-state index in [0.717, 1.165) is 78.0 Å². The highest BCUT2D eigenvalue weighted by Crippen LogP contribution is 2.45. The van der Waals surface area contributed by atoms with Crippen molar-refractivity contribution in [3.05, 3.63) is 59.4 Å². The third kappa shape index (κ3) is 9.79. The van der Waals surface area contributed by atoms with Crippen LogP contribution in [0.2, 0.25) is 0 Å². The van der Waals surface area contributed by atoms with Crippen LogP contribution in [0.25, 0.3) is 16.7 Å². The maximum absolute atomic E-state index is 15.0. The lowest BCUT2D eigenvalue weighted by Gasteiger charge is -2.29. The van der Waals surface area contributed by atoms with Crippen molar-refractivity contribution in [1.82, 2.24) is 0 Å². The SMILES string of the molecule is C/C=C(\C(C)=N)c1ccc(OC(CC)CCC)c(-c2cccc(F)c2C2CCC2)c1.CC(C)C.O=CO. The average molecular weight is 512 g/mol. The van der Waals surface area contributed by atoms with E-state index in [2.05, 4.69) is 40.7 Å². The molecule has 0 saturated heterocycles. The van der Waals surface area contributed by atoms with Gasteiger partial charge in [-0.05, 0) is 91.8 Å². The summed E-state index contributed by atoms with van der Waals surface area (Å²) in [6.07, 6.45) is 8.34. The molecule has 1 fully saturated rings. The quantitative estimate of drug-likeness (QED) is 0.260. The van der Waals surface area contributed by atoms with Crippen molar-refractivity contribution < 1.29 is 19.0 Å². The predicted molar refractivity (Wildman–Crippen MR) is 154 cm³/mol. The standard InChI is InChI=1S/C27H34FNO.C4H10.CH2O2/c1-5-10-21(6-2)30-26-16-15-20(22(7-3)18(4)29)17-24(26)23-13-9-14-25(28)27(23)19-11-8-12-19;1-4(2)3;2-1-3/h7,9,13-17,19,21,29H,5-6,8,10-12H2,1-4H3;4H,1-3H3;1H,(H,2,3)/b22-7+,29-18?;;. The van der Waals surface area contributed by atoms with Gasteiger partial charge in [-0.1, -0.05) is 71.7 Å². The maximum atomic E-state index is 15.0. The normalized spacial score (nSPS) is 13.9. The molecule has 0 aromatic heterocycles. The maximum Gasteiger partial charge on any atom is 0.290 e. The summed E-state index contributed by atoms with van der Waals surface area (Å²) in [6.45, 7) is 14.3. The molecule has 0 bridgehead atoms. The van der Waals surface area contributed by atoms with Crippen LogP contribution in [0.4, 0.5) is 4.39 Å². The summed E-state index contributed by atoms with van der Waals surface area (Å²) in [7, 11) is 0. The number of carboxylic acid groups (broad SMARTS) is 1. The molecule has 1 saturated carbocycles. The van der Waals surface area contributed by atoms with Crippen molar-refractivity contribution in [3.8, 4) is 16.9 Å². The molecule has 37 heavy (non-hydrogen) atoms. The van der Waals surface area contributed by atoms with E-state index in [-0.39, 0.29) is 24.3 Å². The summed E-state index contributed by atoms with van der Waals surface area (Å²) in [5.41, 5.74) is 5.07. The molecule has 0 spiro atoms. The first-order chi connectivity index (χ1) is 17.6. The van der Waals surface area contributed by atoms with Gasteiger partial charge in [0.2, 0.25) is 0 Å². The Morgan fingerprint density at radius 2 is 1.78 bits per heavy atom. The minimum absolute atomic E-state index is 0.122. The molecule has 204 valence electrons. The van der Waals surface area contributed by atoms with Gasteiger partial charge < -0.3 is 15.3 Å². The van der Waals surface area contributed by atoms with E-state index in [9.17, 15) is 4.39 Å². The fourth-order valence-electron chi connectivity index (χ4n) is 4.34. The summed E-state index contributed by atoms with van der Waals surface area (Å²) in [6, 6.07) is 11.5. The van der Waals surface area contributed by atoms with E-state index in [1.165, 1.54) is 0 Å². The fourth-order valence-corrected chi connectivity index (χ4v) is 4.34. The minimum Gasteiger partial charge on any atom is -0.490 e. The van der Waals surface area contributed by atoms with E-state index < -0.39 is 0 Å². The second kappa shape index (κ2) is 16.7. The molecule has 0 radical (unpaired) electrons. The Bertz CT molecular complexity index is 1020. The molecule has 1 aliphatic carbocycles. The van der Waals surface area contributed by atoms with Crippen molar-refractivity contribution in [1.29, 1.82) is 5.41 Å². The number of hydrogen-bond donors (Lipinski definition) is 2.